The van der Waals surface area contributed by atoms with Crippen molar-refractivity contribution in [3.8, 4) is 0 Å². The summed E-state index contributed by atoms with van der Waals surface area (Å²) in [5.74, 6) is 0.198. The van der Waals surface area contributed by atoms with Gasteiger partial charge in [0, 0.05) is 0 Å². The van der Waals surface area contributed by atoms with Gasteiger partial charge in [0.05, 0.1) is 12.7 Å². The van der Waals surface area contributed by atoms with Crippen molar-refractivity contribution in [2.45, 2.75) is 51.3 Å². The number of alkyl halides is 1. The molecule has 2 aliphatic carbocycles. The highest BCUT2D eigenvalue weighted by Gasteiger charge is 2.53. The molecule has 0 heterocycles. The summed E-state index contributed by atoms with van der Waals surface area (Å²) in [5, 5.41) is 18.9. The largest absolute Gasteiger partial charge is 0.393 e. The Bertz CT molecular complexity index is 234. The maximum absolute atomic E-state index is 13.6. The van der Waals surface area contributed by atoms with Crippen LogP contribution in [0.25, 0.3) is 0 Å². The van der Waals surface area contributed by atoms with Gasteiger partial charge in [-0.1, -0.05) is 13.3 Å². The molecule has 1 unspecified atom stereocenters. The van der Waals surface area contributed by atoms with E-state index in [1.807, 2.05) is 0 Å². The standard InChI is InChI=1S/C12H21FO2/c1-12-6-2-3-11(15)9(12)5-4-8(12)10(13)7-14/h8-11,14-15H,2-7H2,1H3/t8-,9+,10?,11+,12-/m1/s1. The molecule has 2 saturated carbocycles. The molecule has 0 bridgehead atoms. The number of fused-ring (bicyclic) bond motifs is 1. The van der Waals surface area contributed by atoms with Gasteiger partial charge in [-0.25, -0.2) is 4.39 Å². The number of aliphatic hydroxyl groups excluding tert-OH is 2. The second-order valence-corrected chi connectivity index (χ2v) is 5.45. The van der Waals surface area contributed by atoms with Gasteiger partial charge in [0.15, 0.2) is 0 Å². The van der Waals surface area contributed by atoms with Crippen LogP contribution in [-0.2, 0) is 0 Å². The zero-order chi connectivity index (χ0) is 11.1. The zero-order valence-corrected chi connectivity index (χ0v) is 9.32. The first-order valence-corrected chi connectivity index (χ1v) is 6.02. The topological polar surface area (TPSA) is 40.5 Å². The smallest absolute Gasteiger partial charge is 0.126 e. The van der Waals surface area contributed by atoms with E-state index in [2.05, 4.69) is 6.92 Å². The van der Waals surface area contributed by atoms with Gasteiger partial charge in [0.1, 0.15) is 6.17 Å². The Kier molecular flexibility index (Phi) is 3.04. The van der Waals surface area contributed by atoms with Crippen molar-refractivity contribution in [2.75, 3.05) is 6.61 Å². The molecule has 88 valence electrons. The summed E-state index contributed by atoms with van der Waals surface area (Å²) < 4.78 is 13.6. The van der Waals surface area contributed by atoms with Crippen molar-refractivity contribution in [2.24, 2.45) is 17.3 Å². The van der Waals surface area contributed by atoms with E-state index in [4.69, 9.17) is 5.11 Å². The van der Waals surface area contributed by atoms with Crippen molar-refractivity contribution in [3.63, 3.8) is 0 Å². The highest BCUT2D eigenvalue weighted by Crippen LogP contribution is 2.56. The first kappa shape index (κ1) is 11.3. The van der Waals surface area contributed by atoms with Gasteiger partial charge < -0.3 is 10.2 Å². The van der Waals surface area contributed by atoms with Crippen LogP contribution in [0.15, 0.2) is 0 Å². The second kappa shape index (κ2) is 4.02. The summed E-state index contributed by atoms with van der Waals surface area (Å²) in [6.45, 7) is 1.73. The average molecular weight is 216 g/mol. The van der Waals surface area contributed by atoms with E-state index in [0.717, 1.165) is 32.1 Å². The second-order valence-electron chi connectivity index (χ2n) is 5.45. The third-order valence-electron chi connectivity index (χ3n) is 4.77. The van der Waals surface area contributed by atoms with E-state index in [1.54, 1.807) is 0 Å². The SMILES string of the molecule is C[C@]12CCC[C@H](O)[C@@H]1CC[C@@H]2C(F)CO. The quantitative estimate of drug-likeness (QED) is 0.740. The van der Waals surface area contributed by atoms with Crippen LogP contribution in [0.4, 0.5) is 4.39 Å². The number of hydrogen-bond donors (Lipinski definition) is 2. The van der Waals surface area contributed by atoms with Crippen molar-refractivity contribution in [1.29, 1.82) is 0 Å². The summed E-state index contributed by atoms with van der Waals surface area (Å²) in [7, 11) is 0. The fourth-order valence-corrected chi connectivity index (χ4v) is 3.91. The minimum Gasteiger partial charge on any atom is -0.393 e. The van der Waals surface area contributed by atoms with Crippen LogP contribution in [0.5, 0.6) is 0 Å². The molecule has 0 amide bonds. The monoisotopic (exact) mass is 216 g/mol. The van der Waals surface area contributed by atoms with E-state index < -0.39 is 6.17 Å². The lowest BCUT2D eigenvalue weighted by Crippen LogP contribution is -2.43. The van der Waals surface area contributed by atoms with Crippen LogP contribution < -0.4 is 0 Å². The Balaban J connectivity index is 2.17. The van der Waals surface area contributed by atoms with E-state index in [-0.39, 0.29) is 30.0 Å². The molecular weight excluding hydrogens is 195 g/mol. The highest BCUT2D eigenvalue weighted by molar-refractivity contribution is 5.02. The van der Waals surface area contributed by atoms with Gasteiger partial charge in [-0.2, -0.15) is 0 Å². The lowest BCUT2D eigenvalue weighted by Gasteiger charge is -2.44. The Labute approximate surface area is 90.5 Å². The molecule has 0 radical (unpaired) electrons. The van der Waals surface area contributed by atoms with E-state index in [0.29, 0.717) is 0 Å². The molecule has 3 heteroatoms. The third-order valence-corrected chi connectivity index (χ3v) is 4.77. The molecular formula is C12H21FO2. The van der Waals surface area contributed by atoms with Crippen LogP contribution in [0.2, 0.25) is 0 Å². The molecule has 2 N–H and O–H groups in total. The first-order chi connectivity index (χ1) is 7.09. The predicted octanol–water partition coefficient (Wildman–Crippen LogP) is 1.89. The molecule has 2 nitrogen and oxygen atoms in total. The molecule has 5 atom stereocenters. The maximum Gasteiger partial charge on any atom is 0.126 e. The fraction of sp³-hybridized carbons (Fsp3) is 1.00. The van der Waals surface area contributed by atoms with Crippen LogP contribution in [0.3, 0.4) is 0 Å². The van der Waals surface area contributed by atoms with Gasteiger partial charge >= 0.3 is 0 Å². The maximum atomic E-state index is 13.6. The normalized spacial score (nSPS) is 47.6. The predicted molar refractivity (Wildman–Crippen MR) is 56.2 cm³/mol. The summed E-state index contributed by atoms with van der Waals surface area (Å²) in [5.41, 5.74) is -0.0835. The van der Waals surface area contributed by atoms with E-state index in [9.17, 15) is 9.50 Å². The summed E-state index contributed by atoms with van der Waals surface area (Å²) >= 11 is 0. The molecule has 0 spiro atoms. The molecule has 2 aliphatic rings. The molecule has 0 saturated heterocycles. The van der Waals surface area contributed by atoms with E-state index in [1.165, 1.54) is 0 Å². The van der Waals surface area contributed by atoms with E-state index >= 15 is 0 Å². The van der Waals surface area contributed by atoms with Crippen molar-refractivity contribution in [1.82, 2.24) is 0 Å². The highest BCUT2D eigenvalue weighted by atomic mass is 19.1. The summed E-state index contributed by atoms with van der Waals surface area (Å²) in [6.07, 6.45) is 3.24. The van der Waals surface area contributed by atoms with Crippen molar-refractivity contribution >= 4 is 0 Å². The lowest BCUT2D eigenvalue weighted by molar-refractivity contribution is -0.0399. The summed E-state index contributed by atoms with van der Waals surface area (Å²) in [4.78, 5) is 0. The Morgan fingerprint density at radius 2 is 2.13 bits per heavy atom. The first-order valence-electron chi connectivity index (χ1n) is 6.02. The van der Waals surface area contributed by atoms with Gasteiger partial charge in [-0.05, 0) is 42.9 Å². The molecule has 15 heavy (non-hydrogen) atoms. The Morgan fingerprint density at radius 3 is 2.80 bits per heavy atom. The fourth-order valence-electron chi connectivity index (χ4n) is 3.91. The van der Waals surface area contributed by atoms with Gasteiger partial charge in [0.2, 0.25) is 0 Å². The minimum atomic E-state index is -1.11. The van der Waals surface area contributed by atoms with Gasteiger partial charge in [-0.3, -0.25) is 0 Å². The van der Waals surface area contributed by atoms with Crippen molar-refractivity contribution in [3.05, 3.63) is 0 Å². The molecule has 2 rings (SSSR count). The molecule has 0 aliphatic heterocycles. The van der Waals surface area contributed by atoms with Crippen LogP contribution in [0, 0.1) is 17.3 Å². The minimum absolute atomic E-state index is 0.0533. The average Bonchev–Trinajstić information content (AvgIpc) is 2.56. The molecule has 0 aromatic carbocycles. The molecule has 0 aromatic rings. The number of rotatable bonds is 2. The summed E-state index contributed by atoms with van der Waals surface area (Å²) in [6, 6.07) is 0. The van der Waals surface area contributed by atoms with Crippen LogP contribution >= 0.6 is 0 Å². The van der Waals surface area contributed by atoms with Gasteiger partial charge in [0.25, 0.3) is 0 Å². The van der Waals surface area contributed by atoms with Crippen LogP contribution in [0.1, 0.15) is 39.0 Å². The van der Waals surface area contributed by atoms with Crippen LogP contribution in [-0.4, -0.2) is 29.1 Å². The zero-order valence-electron chi connectivity index (χ0n) is 9.32. The molecule has 2 fully saturated rings. The molecule has 0 aromatic heterocycles. The lowest BCUT2D eigenvalue weighted by atomic mass is 9.63. The Morgan fingerprint density at radius 1 is 1.40 bits per heavy atom. The number of aliphatic hydroxyl groups is 2. The number of halogens is 1. The van der Waals surface area contributed by atoms with Gasteiger partial charge in [-0.15, -0.1) is 0 Å². The Hall–Kier alpha value is -0.150. The van der Waals surface area contributed by atoms with Crippen molar-refractivity contribution < 1.29 is 14.6 Å². The third kappa shape index (κ3) is 1.70. The number of hydrogen-bond acceptors (Lipinski definition) is 2.